The van der Waals surface area contributed by atoms with Gasteiger partial charge in [-0.25, -0.2) is 4.79 Å². The van der Waals surface area contributed by atoms with Crippen LogP contribution < -0.4 is 10.6 Å². The van der Waals surface area contributed by atoms with Crippen molar-refractivity contribution in [2.24, 2.45) is 4.99 Å². The molecule has 5 heteroatoms. The van der Waals surface area contributed by atoms with E-state index in [4.69, 9.17) is 4.74 Å². The maximum absolute atomic E-state index is 11.7. The highest BCUT2D eigenvalue weighted by Gasteiger charge is 2.39. The Morgan fingerprint density at radius 3 is 2.65 bits per heavy atom. The van der Waals surface area contributed by atoms with E-state index in [1.165, 1.54) is 7.11 Å². The quantitative estimate of drug-likeness (QED) is 0.869. The monoisotopic (exact) mass is 275 g/mol. The van der Waals surface area contributed by atoms with Crippen molar-refractivity contribution in [2.75, 3.05) is 13.7 Å². The fourth-order valence-corrected chi connectivity index (χ4v) is 2.42. The molecule has 0 fully saturated rings. The van der Waals surface area contributed by atoms with Crippen molar-refractivity contribution in [1.82, 2.24) is 10.6 Å². The molecule has 2 N–H and O–H groups in total. The SMILES string of the molecule is COC(=O)NC1(c2ccccc2C(C)(C)C)CN=CN1. The zero-order valence-corrected chi connectivity index (χ0v) is 12.4. The first-order valence-corrected chi connectivity index (χ1v) is 6.61. The summed E-state index contributed by atoms with van der Waals surface area (Å²) >= 11 is 0. The van der Waals surface area contributed by atoms with Crippen molar-refractivity contribution >= 4 is 12.4 Å². The number of aliphatic imine (C=N–C) groups is 1. The van der Waals surface area contributed by atoms with Gasteiger partial charge in [-0.1, -0.05) is 45.0 Å². The molecular formula is C15H21N3O2. The first kappa shape index (κ1) is 14.4. The zero-order chi connectivity index (χ0) is 14.8. The number of benzene rings is 1. The van der Waals surface area contributed by atoms with Gasteiger partial charge in [-0.15, -0.1) is 0 Å². The van der Waals surface area contributed by atoms with Crippen molar-refractivity contribution in [3.63, 3.8) is 0 Å². The van der Waals surface area contributed by atoms with Crippen LogP contribution in [0.2, 0.25) is 0 Å². The number of alkyl carbamates (subject to hydrolysis) is 1. The average Bonchev–Trinajstić information content (AvgIpc) is 2.87. The molecule has 1 aromatic carbocycles. The first-order valence-electron chi connectivity index (χ1n) is 6.61. The molecule has 0 bridgehead atoms. The molecule has 1 aliphatic rings. The Kier molecular flexibility index (Phi) is 3.70. The van der Waals surface area contributed by atoms with Crippen LogP contribution in [0.5, 0.6) is 0 Å². The number of methoxy groups -OCH3 is 1. The lowest BCUT2D eigenvalue weighted by Crippen LogP contribution is -2.56. The lowest BCUT2D eigenvalue weighted by molar-refractivity contribution is 0.154. The van der Waals surface area contributed by atoms with Gasteiger partial charge in [0.1, 0.15) is 0 Å². The molecule has 1 aliphatic heterocycles. The van der Waals surface area contributed by atoms with E-state index in [0.717, 1.165) is 11.1 Å². The van der Waals surface area contributed by atoms with Crippen molar-refractivity contribution in [3.8, 4) is 0 Å². The van der Waals surface area contributed by atoms with Gasteiger partial charge >= 0.3 is 6.09 Å². The van der Waals surface area contributed by atoms with Crippen molar-refractivity contribution in [1.29, 1.82) is 0 Å². The normalized spacial score (nSPS) is 21.4. The summed E-state index contributed by atoms with van der Waals surface area (Å²) in [5.41, 5.74) is 1.40. The van der Waals surface area contributed by atoms with Crippen LogP contribution >= 0.6 is 0 Å². The van der Waals surface area contributed by atoms with Crippen LogP contribution in [0.3, 0.4) is 0 Å². The first-order chi connectivity index (χ1) is 9.39. The number of amides is 1. The summed E-state index contributed by atoms with van der Waals surface area (Å²) in [6.45, 7) is 6.88. The van der Waals surface area contributed by atoms with Gasteiger partial charge in [0.25, 0.3) is 0 Å². The fraction of sp³-hybridized carbons (Fsp3) is 0.467. The number of nitrogens with one attached hydrogen (secondary N) is 2. The molecule has 0 spiro atoms. The lowest BCUT2D eigenvalue weighted by atomic mass is 9.80. The molecule has 0 radical (unpaired) electrons. The van der Waals surface area contributed by atoms with Crippen LogP contribution in [0.1, 0.15) is 31.9 Å². The van der Waals surface area contributed by atoms with Crippen molar-refractivity contribution in [3.05, 3.63) is 35.4 Å². The summed E-state index contributed by atoms with van der Waals surface area (Å²) in [6, 6.07) is 8.06. The average molecular weight is 275 g/mol. The fourth-order valence-electron chi connectivity index (χ4n) is 2.42. The molecule has 1 unspecified atom stereocenters. The smallest absolute Gasteiger partial charge is 0.409 e. The molecule has 1 amide bonds. The van der Waals surface area contributed by atoms with Gasteiger partial charge in [0.15, 0.2) is 5.66 Å². The van der Waals surface area contributed by atoms with Crippen molar-refractivity contribution in [2.45, 2.75) is 31.8 Å². The Hall–Kier alpha value is -2.04. The van der Waals surface area contributed by atoms with E-state index in [1.54, 1.807) is 6.34 Å². The topological polar surface area (TPSA) is 62.7 Å². The number of hydrogen-bond acceptors (Lipinski definition) is 4. The van der Waals surface area contributed by atoms with Crippen LogP contribution in [0, 0.1) is 0 Å². The van der Waals surface area contributed by atoms with Gasteiger partial charge in [0.05, 0.1) is 20.0 Å². The Labute approximate surface area is 119 Å². The molecule has 5 nitrogen and oxygen atoms in total. The van der Waals surface area contributed by atoms with Gasteiger partial charge in [-0.3, -0.25) is 10.3 Å². The number of carbonyl (C=O) groups excluding carboxylic acids is 1. The Morgan fingerprint density at radius 2 is 2.10 bits per heavy atom. The molecule has 0 aromatic heterocycles. The second-order valence-corrected chi connectivity index (χ2v) is 5.93. The standard InChI is InChI=1S/C15H21N3O2/c1-14(2,3)11-7-5-6-8-12(11)15(9-16-10-17-15)18-13(19)20-4/h5-8,10H,9H2,1-4H3,(H,16,17)(H,18,19). The van der Waals surface area contributed by atoms with Crippen LogP contribution in [0.15, 0.2) is 29.3 Å². The van der Waals surface area contributed by atoms with Gasteiger partial charge in [0.2, 0.25) is 0 Å². The number of rotatable bonds is 2. The van der Waals surface area contributed by atoms with Gasteiger partial charge < -0.3 is 10.1 Å². The third-order valence-electron chi connectivity index (χ3n) is 3.43. The maximum atomic E-state index is 11.7. The second-order valence-electron chi connectivity index (χ2n) is 5.93. The third-order valence-corrected chi connectivity index (χ3v) is 3.43. The van der Waals surface area contributed by atoms with Gasteiger partial charge in [-0.2, -0.15) is 0 Å². The summed E-state index contributed by atoms with van der Waals surface area (Å²) < 4.78 is 4.74. The molecule has 0 saturated carbocycles. The highest BCUT2D eigenvalue weighted by atomic mass is 16.5. The minimum atomic E-state index is -0.739. The zero-order valence-electron chi connectivity index (χ0n) is 12.4. The number of hydrogen-bond donors (Lipinski definition) is 2. The van der Waals surface area contributed by atoms with Crippen LogP contribution in [0.4, 0.5) is 4.79 Å². The predicted octanol–water partition coefficient (Wildman–Crippen LogP) is 2.12. The van der Waals surface area contributed by atoms with E-state index >= 15 is 0 Å². The Balaban J connectivity index is 2.48. The molecule has 20 heavy (non-hydrogen) atoms. The summed E-state index contributed by atoms with van der Waals surface area (Å²) in [7, 11) is 1.36. The maximum Gasteiger partial charge on any atom is 0.409 e. The molecule has 0 saturated heterocycles. The van der Waals surface area contributed by atoms with Crippen LogP contribution in [-0.2, 0) is 15.8 Å². The number of carbonyl (C=O) groups is 1. The molecule has 1 aromatic rings. The van der Waals surface area contributed by atoms with E-state index in [-0.39, 0.29) is 5.41 Å². The summed E-state index contributed by atoms with van der Waals surface area (Å²) in [5, 5.41) is 6.03. The molecule has 0 aliphatic carbocycles. The van der Waals surface area contributed by atoms with E-state index in [9.17, 15) is 4.79 Å². The van der Waals surface area contributed by atoms with E-state index in [2.05, 4.69) is 42.5 Å². The summed E-state index contributed by atoms with van der Waals surface area (Å²) in [6.07, 6.45) is 1.14. The highest BCUT2D eigenvalue weighted by molar-refractivity contribution is 5.71. The summed E-state index contributed by atoms with van der Waals surface area (Å²) in [4.78, 5) is 15.9. The highest BCUT2D eigenvalue weighted by Crippen LogP contribution is 2.32. The van der Waals surface area contributed by atoms with E-state index < -0.39 is 11.8 Å². The number of nitrogens with zero attached hydrogens (tertiary/aromatic N) is 1. The van der Waals surface area contributed by atoms with Gasteiger partial charge in [0, 0.05) is 5.56 Å². The van der Waals surface area contributed by atoms with Crippen molar-refractivity contribution < 1.29 is 9.53 Å². The number of ether oxygens (including phenoxy) is 1. The Morgan fingerprint density at radius 1 is 1.40 bits per heavy atom. The Bertz CT molecular complexity index is 524. The molecule has 2 rings (SSSR count). The minimum Gasteiger partial charge on any atom is -0.453 e. The molecular weight excluding hydrogens is 254 g/mol. The van der Waals surface area contributed by atoms with Crippen LogP contribution in [-0.4, -0.2) is 26.1 Å². The third kappa shape index (κ3) is 2.61. The van der Waals surface area contributed by atoms with E-state index in [0.29, 0.717) is 6.54 Å². The second kappa shape index (κ2) is 5.15. The predicted molar refractivity (Wildman–Crippen MR) is 78.9 cm³/mol. The molecule has 1 heterocycles. The van der Waals surface area contributed by atoms with E-state index in [1.807, 2.05) is 18.2 Å². The van der Waals surface area contributed by atoms with Gasteiger partial charge in [-0.05, 0) is 11.0 Å². The molecule has 108 valence electrons. The lowest BCUT2D eigenvalue weighted by Gasteiger charge is -2.35. The minimum absolute atomic E-state index is 0.0360. The summed E-state index contributed by atoms with van der Waals surface area (Å²) in [5.74, 6) is 0. The largest absolute Gasteiger partial charge is 0.453 e. The van der Waals surface area contributed by atoms with Crippen LogP contribution in [0.25, 0.3) is 0 Å². The molecule has 1 atom stereocenters.